The zero-order chi connectivity index (χ0) is 19.8. The van der Waals surface area contributed by atoms with E-state index in [4.69, 9.17) is 4.74 Å². The lowest BCUT2D eigenvalue weighted by molar-refractivity contribution is 0.0367. The van der Waals surface area contributed by atoms with E-state index in [1.165, 1.54) is 0 Å². The number of hydrogen-bond donors (Lipinski definition) is 1. The fourth-order valence-electron chi connectivity index (χ4n) is 3.50. The minimum atomic E-state index is -0.196. The van der Waals surface area contributed by atoms with E-state index in [-0.39, 0.29) is 12.1 Å². The van der Waals surface area contributed by atoms with Gasteiger partial charge in [-0.1, -0.05) is 24.3 Å². The van der Waals surface area contributed by atoms with Gasteiger partial charge in [0.1, 0.15) is 0 Å². The second-order valence-electron chi connectivity index (χ2n) is 7.25. The van der Waals surface area contributed by atoms with Crippen molar-refractivity contribution in [1.82, 2.24) is 20.1 Å². The summed E-state index contributed by atoms with van der Waals surface area (Å²) in [4.78, 5) is 21.1. The van der Waals surface area contributed by atoms with Crippen molar-refractivity contribution in [2.24, 2.45) is 0 Å². The summed E-state index contributed by atoms with van der Waals surface area (Å²) in [5.74, 6) is 0. The van der Waals surface area contributed by atoms with Crippen molar-refractivity contribution in [3.05, 3.63) is 65.5 Å². The molecule has 1 saturated heterocycles. The molecule has 1 unspecified atom stereocenters. The summed E-state index contributed by atoms with van der Waals surface area (Å²) >= 11 is 0. The van der Waals surface area contributed by atoms with Crippen molar-refractivity contribution in [3.63, 3.8) is 0 Å². The number of benzene rings is 1. The Balaban J connectivity index is 1.61. The van der Waals surface area contributed by atoms with Crippen molar-refractivity contribution in [2.75, 3.05) is 46.4 Å². The zero-order valence-corrected chi connectivity index (χ0v) is 16.8. The summed E-state index contributed by atoms with van der Waals surface area (Å²) in [6.07, 6.45) is 4.48. The lowest BCUT2D eigenvalue weighted by Crippen LogP contribution is -2.42. The molecule has 2 amide bonds. The number of morpholine rings is 1. The Morgan fingerprint density at radius 3 is 2.64 bits per heavy atom. The van der Waals surface area contributed by atoms with Crippen LogP contribution in [0.3, 0.4) is 0 Å². The van der Waals surface area contributed by atoms with Gasteiger partial charge in [-0.15, -0.1) is 0 Å². The fraction of sp³-hybridized carbons (Fsp3) is 0.455. The van der Waals surface area contributed by atoms with Crippen LogP contribution in [0.15, 0.2) is 48.8 Å². The van der Waals surface area contributed by atoms with Gasteiger partial charge in [0.25, 0.3) is 0 Å². The van der Waals surface area contributed by atoms with Gasteiger partial charge in [-0.25, -0.2) is 4.79 Å². The first kappa shape index (κ1) is 20.3. The molecule has 0 aliphatic carbocycles. The van der Waals surface area contributed by atoms with Crippen molar-refractivity contribution in [3.8, 4) is 0 Å². The third-order valence-corrected chi connectivity index (χ3v) is 5.22. The Morgan fingerprint density at radius 2 is 1.93 bits per heavy atom. The van der Waals surface area contributed by atoms with Crippen LogP contribution in [0.5, 0.6) is 0 Å². The van der Waals surface area contributed by atoms with Crippen molar-refractivity contribution in [1.29, 1.82) is 0 Å². The number of rotatable bonds is 7. The van der Waals surface area contributed by atoms with E-state index < -0.39 is 0 Å². The first-order valence-corrected chi connectivity index (χ1v) is 9.92. The molecule has 2 heterocycles. The molecule has 0 bridgehead atoms. The van der Waals surface area contributed by atoms with E-state index in [9.17, 15) is 4.79 Å². The average Bonchev–Trinajstić information content (AvgIpc) is 2.74. The van der Waals surface area contributed by atoms with Crippen LogP contribution in [0, 0.1) is 6.92 Å². The smallest absolute Gasteiger partial charge is 0.317 e. The molecule has 6 heteroatoms. The molecule has 0 saturated carbocycles. The molecule has 150 valence electrons. The number of pyridine rings is 1. The Bertz CT molecular complexity index is 747. The zero-order valence-electron chi connectivity index (χ0n) is 16.8. The van der Waals surface area contributed by atoms with E-state index in [2.05, 4.69) is 34.3 Å². The molecule has 1 aliphatic heterocycles. The first-order valence-electron chi connectivity index (χ1n) is 9.92. The molecule has 3 rings (SSSR count). The molecule has 1 aromatic heterocycles. The summed E-state index contributed by atoms with van der Waals surface area (Å²) in [6.45, 7) is 7.36. The number of aryl methyl sites for hydroxylation is 1. The third kappa shape index (κ3) is 5.53. The highest BCUT2D eigenvalue weighted by Gasteiger charge is 2.20. The number of carbonyl (C=O) groups is 1. The molecule has 0 radical (unpaired) electrons. The molecule has 6 nitrogen and oxygen atoms in total. The van der Waals surface area contributed by atoms with Gasteiger partial charge in [0.05, 0.1) is 19.3 Å². The minimum Gasteiger partial charge on any atom is -0.379 e. The van der Waals surface area contributed by atoms with Crippen LogP contribution < -0.4 is 5.32 Å². The highest BCUT2D eigenvalue weighted by Crippen LogP contribution is 2.24. The maximum absolute atomic E-state index is 12.9. The average molecular weight is 383 g/mol. The number of amides is 2. The van der Waals surface area contributed by atoms with E-state index >= 15 is 0 Å². The topological polar surface area (TPSA) is 57.7 Å². The van der Waals surface area contributed by atoms with Crippen LogP contribution in [0.1, 0.15) is 29.2 Å². The molecule has 28 heavy (non-hydrogen) atoms. The molecule has 0 spiro atoms. The molecule has 2 aromatic rings. The van der Waals surface area contributed by atoms with Crippen LogP contribution in [-0.2, 0) is 4.74 Å². The minimum absolute atomic E-state index is 0.0629. The number of carbonyl (C=O) groups excluding carboxylic acids is 1. The van der Waals surface area contributed by atoms with E-state index in [0.29, 0.717) is 0 Å². The number of hydrogen-bond acceptors (Lipinski definition) is 4. The summed E-state index contributed by atoms with van der Waals surface area (Å²) < 4.78 is 5.38. The van der Waals surface area contributed by atoms with Gasteiger partial charge < -0.3 is 15.0 Å². The molecule has 1 atom stereocenters. The lowest BCUT2D eigenvalue weighted by Gasteiger charge is -2.28. The normalized spacial score (nSPS) is 15.8. The molecule has 1 aliphatic rings. The standard InChI is InChI=1S/C22H30N4O2/c1-18-6-3-4-7-20(18)21(19-8-10-23-11-9-19)24-22(27)25(2)12-5-13-26-14-16-28-17-15-26/h3-4,6-11,21H,5,12-17H2,1-2H3,(H,24,27). The molecular weight excluding hydrogens is 352 g/mol. The Morgan fingerprint density at radius 1 is 1.21 bits per heavy atom. The van der Waals surface area contributed by atoms with Crippen molar-refractivity contribution >= 4 is 6.03 Å². The van der Waals surface area contributed by atoms with E-state index in [0.717, 1.165) is 62.5 Å². The number of aromatic nitrogens is 1. The summed E-state index contributed by atoms with van der Waals surface area (Å²) in [5.41, 5.74) is 3.28. The Kier molecular flexibility index (Phi) is 7.39. The highest BCUT2D eigenvalue weighted by molar-refractivity contribution is 5.75. The lowest BCUT2D eigenvalue weighted by atomic mass is 9.96. The van der Waals surface area contributed by atoms with Gasteiger partial charge in [-0.05, 0) is 42.2 Å². The van der Waals surface area contributed by atoms with Gasteiger partial charge in [-0.3, -0.25) is 9.88 Å². The van der Waals surface area contributed by atoms with Crippen molar-refractivity contribution in [2.45, 2.75) is 19.4 Å². The monoisotopic (exact) mass is 382 g/mol. The quantitative estimate of drug-likeness (QED) is 0.800. The van der Waals surface area contributed by atoms with Crippen LogP contribution in [-0.4, -0.2) is 67.3 Å². The van der Waals surface area contributed by atoms with Gasteiger partial charge in [0, 0.05) is 45.6 Å². The number of nitrogens with zero attached hydrogens (tertiary/aromatic N) is 3. The van der Waals surface area contributed by atoms with E-state index in [1.807, 2.05) is 31.3 Å². The number of nitrogens with one attached hydrogen (secondary N) is 1. The van der Waals surface area contributed by atoms with Gasteiger partial charge in [0.2, 0.25) is 0 Å². The fourth-order valence-corrected chi connectivity index (χ4v) is 3.50. The molecule has 1 N–H and O–H groups in total. The Labute approximate surface area is 167 Å². The largest absolute Gasteiger partial charge is 0.379 e. The van der Waals surface area contributed by atoms with Crippen LogP contribution >= 0.6 is 0 Å². The molecule has 1 aromatic carbocycles. The highest BCUT2D eigenvalue weighted by atomic mass is 16.5. The molecule has 1 fully saturated rings. The maximum atomic E-state index is 12.9. The predicted octanol–water partition coefficient (Wildman–Crippen LogP) is 2.84. The molecular formula is C22H30N4O2. The third-order valence-electron chi connectivity index (χ3n) is 5.22. The van der Waals surface area contributed by atoms with E-state index in [1.54, 1.807) is 17.3 Å². The second kappa shape index (κ2) is 10.2. The van der Waals surface area contributed by atoms with Gasteiger partial charge >= 0.3 is 6.03 Å². The maximum Gasteiger partial charge on any atom is 0.317 e. The first-order chi connectivity index (χ1) is 13.6. The SMILES string of the molecule is Cc1ccccc1C(NC(=O)N(C)CCCN1CCOCC1)c1ccncc1. The predicted molar refractivity (Wildman–Crippen MR) is 110 cm³/mol. The van der Waals surface area contributed by atoms with Crippen LogP contribution in [0.25, 0.3) is 0 Å². The summed E-state index contributed by atoms with van der Waals surface area (Å²) in [5, 5.41) is 3.20. The number of urea groups is 1. The van der Waals surface area contributed by atoms with Crippen LogP contribution in [0.4, 0.5) is 4.79 Å². The van der Waals surface area contributed by atoms with Gasteiger partial charge in [0.15, 0.2) is 0 Å². The van der Waals surface area contributed by atoms with Crippen molar-refractivity contribution < 1.29 is 9.53 Å². The van der Waals surface area contributed by atoms with Crippen LogP contribution in [0.2, 0.25) is 0 Å². The second-order valence-corrected chi connectivity index (χ2v) is 7.25. The number of ether oxygens (including phenoxy) is 1. The Hall–Kier alpha value is -2.44. The van der Waals surface area contributed by atoms with Gasteiger partial charge in [-0.2, -0.15) is 0 Å². The summed E-state index contributed by atoms with van der Waals surface area (Å²) in [7, 11) is 1.86. The summed E-state index contributed by atoms with van der Waals surface area (Å²) in [6, 6.07) is 11.8.